The number of hydrogen-bond acceptors (Lipinski definition) is 6. The summed E-state index contributed by atoms with van der Waals surface area (Å²) in [5.74, 6) is 0.266. The van der Waals surface area contributed by atoms with Crippen molar-refractivity contribution in [2.45, 2.75) is 40.0 Å². The molecule has 2 aromatic rings. The van der Waals surface area contributed by atoms with Crippen LogP contribution >= 0.6 is 23.6 Å². The van der Waals surface area contributed by atoms with Gasteiger partial charge in [0.2, 0.25) is 0 Å². The van der Waals surface area contributed by atoms with Crippen molar-refractivity contribution in [2.24, 2.45) is 17.1 Å². The van der Waals surface area contributed by atoms with Crippen LogP contribution < -0.4 is 25.8 Å². The molecule has 0 bridgehead atoms. The van der Waals surface area contributed by atoms with Crippen LogP contribution in [0.4, 0.5) is 5.00 Å². The van der Waals surface area contributed by atoms with Gasteiger partial charge in [0.1, 0.15) is 22.1 Å². The maximum Gasteiger partial charge on any atom is 0.264 e. The number of carbonyl (C=O) groups excluding carboxylic acids is 2. The minimum atomic E-state index is -0.500. The topological polar surface area (TPSA) is 103 Å². The minimum absolute atomic E-state index is 0.0661. The zero-order valence-corrected chi connectivity index (χ0v) is 20.6. The van der Waals surface area contributed by atoms with E-state index in [-0.39, 0.29) is 16.1 Å². The Bertz CT molecular complexity index is 1030. The zero-order valence-electron chi connectivity index (χ0n) is 19.0. The number of ether oxygens (including phenoxy) is 2. The summed E-state index contributed by atoms with van der Waals surface area (Å²) in [6.07, 6.45) is 2.69. The van der Waals surface area contributed by atoms with Gasteiger partial charge < -0.3 is 20.5 Å². The first-order chi connectivity index (χ1) is 15.1. The molecule has 1 aromatic heterocycles. The Morgan fingerprint density at radius 1 is 1.16 bits per heavy atom. The molecule has 1 aromatic carbocycles. The van der Waals surface area contributed by atoms with Crippen molar-refractivity contribution in [3.8, 4) is 11.5 Å². The molecule has 0 fully saturated rings. The fourth-order valence-electron chi connectivity index (χ4n) is 4.05. The molecule has 172 valence electrons. The third-order valence-electron chi connectivity index (χ3n) is 5.85. The monoisotopic (exact) mass is 475 g/mol. The smallest absolute Gasteiger partial charge is 0.264 e. The van der Waals surface area contributed by atoms with E-state index in [9.17, 15) is 9.59 Å². The SMILES string of the molecule is COc1cccc(OC)c1C(=O)NC(=S)Nc1sc2c(c1C(N)=O)CC[C@@H](C(C)(C)C)C2. The third-order valence-corrected chi connectivity index (χ3v) is 7.22. The van der Waals surface area contributed by atoms with Gasteiger partial charge in [0, 0.05) is 4.88 Å². The van der Waals surface area contributed by atoms with Gasteiger partial charge in [-0.05, 0) is 60.5 Å². The first-order valence-electron chi connectivity index (χ1n) is 10.3. The number of carbonyl (C=O) groups is 2. The Labute approximate surface area is 197 Å². The largest absolute Gasteiger partial charge is 0.496 e. The van der Waals surface area contributed by atoms with Gasteiger partial charge in [-0.15, -0.1) is 11.3 Å². The predicted octanol–water partition coefficient (Wildman–Crippen LogP) is 4.14. The summed E-state index contributed by atoms with van der Waals surface area (Å²) >= 11 is 6.85. The lowest BCUT2D eigenvalue weighted by molar-refractivity contribution is 0.0969. The van der Waals surface area contributed by atoms with E-state index in [1.807, 2.05) is 0 Å². The first kappa shape index (κ1) is 24.0. The van der Waals surface area contributed by atoms with Gasteiger partial charge in [-0.1, -0.05) is 26.8 Å². The minimum Gasteiger partial charge on any atom is -0.496 e. The molecule has 2 amide bonds. The predicted molar refractivity (Wildman–Crippen MR) is 131 cm³/mol. The average molecular weight is 476 g/mol. The molecule has 0 unspecified atom stereocenters. The number of thiocarbonyl (C=S) groups is 1. The van der Waals surface area contributed by atoms with Gasteiger partial charge in [0.15, 0.2) is 5.11 Å². The second kappa shape index (κ2) is 9.46. The second-order valence-electron chi connectivity index (χ2n) is 8.82. The number of methoxy groups -OCH3 is 2. The first-order valence-corrected chi connectivity index (χ1v) is 11.6. The molecule has 0 spiro atoms. The summed E-state index contributed by atoms with van der Waals surface area (Å²) in [6, 6.07) is 5.06. The fraction of sp³-hybridized carbons (Fsp3) is 0.435. The molecule has 1 atom stereocenters. The second-order valence-corrected chi connectivity index (χ2v) is 10.3. The number of amides is 2. The summed E-state index contributed by atoms with van der Waals surface area (Å²) < 4.78 is 10.6. The number of thiophene rings is 1. The van der Waals surface area contributed by atoms with Crippen LogP contribution in [0.25, 0.3) is 0 Å². The normalized spacial score (nSPS) is 15.5. The highest BCUT2D eigenvalue weighted by molar-refractivity contribution is 7.80. The summed E-state index contributed by atoms with van der Waals surface area (Å²) in [5, 5.41) is 6.29. The lowest BCUT2D eigenvalue weighted by Crippen LogP contribution is -2.35. The molecule has 1 heterocycles. The molecule has 0 saturated carbocycles. The number of fused-ring (bicyclic) bond motifs is 1. The average Bonchev–Trinajstić information content (AvgIpc) is 3.09. The molecule has 4 N–H and O–H groups in total. The van der Waals surface area contributed by atoms with Crippen LogP contribution in [0.2, 0.25) is 0 Å². The Balaban J connectivity index is 1.83. The van der Waals surface area contributed by atoms with Crippen LogP contribution in [0.1, 0.15) is 58.3 Å². The van der Waals surface area contributed by atoms with Gasteiger partial charge in [0.05, 0.1) is 19.8 Å². The van der Waals surface area contributed by atoms with Crippen LogP contribution in [-0.2, 0) is 12.8 Å². The number of primary amides is 1. The van der Waals surface area contributed by atoms with E-state index < -0.39 is 11.8 Å². The molecule has 0 aliphatic heterocycles. The number of nitrogens with one attached hydrogen (secondary N) is 2. The molecule has 1 aliphatic carbocycles. The summed E-state index contributed by atoms with van der Waals surface area (Å²) in [7, 11) is 2.95. The molecule has 32 heavy (non-hydrogen) atoms. The van der Waals surface area contributed by atoms with Crippen LogP contribution in [0.5, 0.6) is 11.5 Å². The highest BCUT2D eigenvalue weighted by Crippen LogP contribution is 2.44. The van der Waals surface area contributed by atoms with E-state index in [1.54, 1.807) is 18.2 Å². The van der Waals surface area contributed by atoms with Crippen molar-refractivity contribution in [2.75, 3.05) is 19.5 Å². The van der Waals surface area contributed by atoms with E-state index in [0.717, 1.165) is 29.7 Å². The van der Waals surface area contributed by atoms with Gasteiger partial charge in [-0.2, -0.15) is 0 Å². The number of rotatable bonds is 5. The standard InChI is InChI=1S/C23H29N3O4S2/c1-23(2,3)12-9-10-13-16(11-12)32-21(17(13)19(24)27)26-22(31)25-20(28)18-14(29-4)7-6-8-15(18)30-5/h6-8,12H,9-11H2,1-5H3,(H2,24,27)(H2,25,26,28,31)/t12-/m1/s1. The Morgan fingerprint density at radius 3 is 2.31 bits per heavy atom. The highest BCUT2D eigenvalue weighted by Gasteiger charge is 2.33. The molecule has 7 nitrogen and oxygen atoms in total. The van der Waals surface area contributed by atoms with Crippen molar-refractivity contribution in [1.82, 2.24) is 5.32 Å². The van der Waals surface area contributed by atoms with E-state index >= 15 is 0 Å². The number of hydrogen-bond donors (Lipinski definition) is 3. The van der Waals surface area contributed by atoms with Crippen molar-refractivity contribution in [3.05, 3.63) is 39.8 Å². The molecule has 3 rings (SSSR count). The highest BCUT2D eigenvalue weighted by atomic mass is 32.1. The quantitative estimate of drug-likeness (QED) is 0.562. The van der Waals surface area contributed by atoms with Crippen molar-refractivity contribution >= 4 is 45.5 Å². The van der Waals surface area contributed by atoms with Crippen molar-refractivity contribution in [3.63, 3.8) is 0 Å². The molecule has 1 aliphatic rings. The Kier molecular flexibility index (Phi) is 7.09. The fourth-order valence-corrected chi connectivity index (χ4v) is 5.65. The van der Waals surface area contributed by atoms with Gasteiger partial charge in [-0.25, -0.2) is 0 Å². The van der Waals surface area contributed by atoms with E-state index in [1.165, 1.54) is 25.6 Å². The molecular formula is C23H29N3O4S2. The zero-order chi connectivity index (χ0) is 23.6. The summed E-state index contributed by atoms with van der Waals surface area (Å²) in [6.45, 7) is 6.71. The van der Waals surface area contributed by atoms with Gasteiger partial charge in [0.25, 0.3) is 11.8 Å². The molecule has 9 heteroatoms. The van der Waals surface area contributed by atoms with E-state index in [4.69, 9.17) is 27.4 Å². The van der Waals surface area contributed by atoms with E-state index in [2.05, 4.69) is 31.4 Å². The van der Waals surface area contributed by atoms with Crippen molar-refractivity contribution in [1.29, 1.82) is 0 Å². The lowest BCUT2D eigenvalue weighted by atomic mass is 9.72. The maximum atomic E-state index is 12.9. The number of anilines is 1. The van der Waals surface area contributed by atoms with Crippen molar-refractivity contribution < 1.29 is 19.1 Å². The third kappa shape index (κ3) is 4.88. The summed E-state index contributed by atoms with van der Waals surface area (Å²) in [5.41, 5.74) is 7.58. The molecule has 0 radical (unpaired) electrons. The van der Waals surface area contributed by atoms with E-state index in [0.29, 0.717) is 28.0 Å². The lowest BCUT2D eigenvalue weighted by Gasteiger charge is -2.33. The summed E-state index contributed by atoms with van der Waals surface area (Å²) in [4.78, 5) is 26.3. The number of nitrogens with two attached hydrogens (primary N) is 1. The van der Waals surface area contributed by atoms with Crippen LogP contribution in [0.15, 0.2) is 18.2 Å². The maximum absolute atomic E-state index is 12.9. The Morgan fingerprint density at radius 2 is 1.78 bits per heavy atom. The van der Waals surface area contributed by atoms with Gasteiger partial charge >= 0.3 is 0 Å². The molecule has 0 saturated heterocycles. The van der Waals surface area contributed by atoms with Gasteiger partial charge in [-0.3, -0.25) is 14.9 Å². The van der Waals surface area contributed by atoms with Crippen LogP contribution in [0, 0.1) is 11.3 Å². The molecular weight excluding hydrogens is 446 g/mol. The Hall–Kier alpha value is -2.65. The van der Waals surface area contributed by atoms with Crippen LogP contribution in [0.3, 0.4) is 0 Å². The van der Waals surface area contributed by atoms with Crippen LogP contribution in [-0.4, -0.2) is 31.1 Å². The number of benzene rings is 1.